The van der Waals surface area contributed by atoms with Gasteiger partial charge in [-0.25, -0.2) is 0 Å². The van der Waals surface area contributed by atoms with Crippen LogP contribution in [-0.2, 0) is 17.9 Å². The Bertz CT molecular complexity index is 740. The Morgan fingerprint density at radius 1 is 1.08 bits per heavy atom. The molecule has 5 heteroatoms. The maximum absolute atomic E-state index is 11.9. The molecule has 0 atom stereocenters. The molecular weight excluding hydrogens is 348 g/mol. The number of benzene rings is 2. The topological polar surface area (TPSA) is 64.4 Å². The number of nitrogens with one attached hydrogen (secondary N) is 1. The molecule has 1 aliphatic carbocycles. The molecule has 2 aromatic rings. The molecular formula is C21H25ClN2O2. The Hall–Kier alpha value is -2.04. The lowest BCUT2D eigenvalue weighted by Crippen LogP contribution is -2.56. The molecule has 0 bridgehead atoms. The van der Waals surface area contributed by atoms with Gasteiger partial charge in [-0.3, -0.25) is 10.1 Å². The predicted octanol–water partition coefficient (Wildman–Crippen LogP) is 4.20. The van der Waals surface area contributed by atoms with E-state index in [2.05, 4.69) is 5.32 Å². The fourth-order valence-electron chi connectivity index (χ4n) is 3.43. The van der Waals surface area contributed by atoms with Gasteiger partial charge in [-0.15, -0.1) is 0 Å². The van der Waals surface area contributed by atoms with Crippen LogP contribution in [0.5, 0.6) is 5.75 Å². The molecule has 4 nitrogen and oxygen atoms in total. The standard InChI is InChI=1S/C21H25ClN2O2/c22-18-6-4-5-17(13-18)15-26-19-9-7-16(8-10-19)14-24-21(20(23)25)11-2-1-3-12-21/h4-10,13,24H,1-3,11-12,14-15H2,(H2,23,25). The van der Waals surface area contributed by atoms with E-state index in [4.69, 9.17) is 22.1 Å². The van der Waals surface area contributed by atoms with Crippen LogP contribution in [0.15, 0.2) is 48.5 Å². The molecule has 0 saturated heterocycles. The zero-order valence-corrected chi connectivity index (χ0v) is 15.6. The van der Waals surface area contributed by atoms with Crippen LogP contribution in [0.2, 0.25) is 5.02 Å². The number of hydrogen-bond acceptors (Lipinski definition) is 3. The average molecular weight is 373 g/mol. The van der Waals surface area contributed by atoms with Gasteiger partial charge in [0.25, 0.3) is 0 Å². The van der Waals surface area contributed by atoms with Crippen molar-refractivity contribution in [3.05, 3.63) is 64.7 Å². The first-order chi connectivity index (χ1) is 12.6. The Kier molecular flexibility index (Phi) is 6.17. The van der Waals surface area contributed by atoms with Crippen LogP contribution in [-0.4, -0.2) is 11.4 Å². The van der Waals surface area contributed by atoms with Crippen molar-refractivity contribution in [2.45, 2.75) is 50.8 Å². The number of ether oxygens (including phenoxy) is 1. The second-order valence-corrected chi connectivity index (χ2v) is 7.36. The molecule has 3 N–H and O–H groups in total. The highest BCUT2D eigenvalue weighted by atomic mass is 35.5. The first-order valence-electron chi connectivity index (χ1n) is 9.09. The highest BCUT2D eigenvalue weighted by molar-refractivity contribution is 6.30. The maximum Gasteiger partial charge on any atom is 0.237 e. The van der Waals surface area contributed by atoms with Gasteiger partial charge in [-0.05, 0) is 48.2 Å². The van der Waals surface area contributed by atoms with E-state index in [1.54, 1.807) is 0 Å². The predicted molar refractivity (Wildman–Crippen MR) is 104 cm³/mol. The molecule has 3 rings (SSSR count). The first-order valence-corrected chi connectivity index (χ1v) is 9.46. The average Bonchev–Trinajstić information content (AvgIpc) is 2.66. The van der Waals surface area contributed by atoms with Crippen molar-refractivity contribution >= 4 is 17.5 Å². The Morgan fingerprint density at radius 3 is 2.46 bits per heavy atom. The minimum absolute atomic E-state index is 0.237. The SMILES string of the molecule is NC(=O)C1(NCc2ccc(OCc3cccc(Cl)c3)cc2)CCCCC1. The molecule has 0 heterocycles. The molecule has 26 heavy (non-hydrogen) atoms. The number of hydrogen-bond donors (Lipinski definition) is 2. The third-order valence-corrected chi connectivity index (χ3v) is 5.26. The molecule has 0 aliphatic heterocycles. The van der Waals surface area contributed by atoms with Crippen LogP contribution in [0, 0.1) is 0 Å². The van der Waals surface area contributed by atoms with E-state index in [-0.39, 0.29) is 5.91 Å². The zero-order valence-electron chi connectivity index (χ0n) is 14.8. The molecule has 0 aromatic heterocycles. The van der Waals surface area contributed by atoms with Gasteiger partial charge in [0.15, 0.2) is 0 Å². The summed E-state index contributed by atoms with van der Waals surface area (Å²) < 4.78 is 5.80. The zero-order chi connectivity index (χ0) is 18.4. The highest BCUT2D eigenvalue weighted by Crippen LogP contribution is 2.28. The van der Waals surface area contributed by atoms with Gasteiger partial charge in [0.05, 0.1) is 5.54 Å². The van der Waals surface area contributed by atoms with Crippen molar-refractivity contribution in [1.82, 2.24) is 5.32 Å². The largest absolute Gasteiger partial charge is 0.489 e. The van der Waals surface area contributed by atoms with Crippen molar-refractivity contribution in [2.24, 2.45) is 5.73 Å². The summed E-state index contributed by atoms with van der Waals surface area (Å²) in [5, 5.41) is 4.11. The van der Waals surface area contributed by atoms with Gasteiger partial charge in [0.1, 0.15) is 12.4 Å². The van der Waals surface area contributed by atoms with Crippen molar-refractivity contribution in [3.8, 4) is 5.75 Å². The monoisotopic (exact) mass is 372 g/mol. The Balaban J connectivity index is 1.55. The molecule has 0 radical (unpaired) electrons. The normalized spacial score (nSPS) is 16.2. The second-order valence-electron chi connectivity index (χ2n) is 6.92. The van der Waals surface area contributed by atoms with Gasteiger partial charge < -0.3 is 10.5 Å². The number of rotatable bonds is 7. The van der Waals surface area contributed by atoms with Crippen molar-refractivity contribution in [1.29, 1.82) is 0 Å². The van der Waals surface area contributed by atoms with E-state index in [0.717, 1.165) is 42.6 Å². The van der Waals surface area contributed by atoms with E-state index in [1.165, 1.54) is 6.42 Å². The first kappa shape index (κ1) is 18.7. The van der Waals surface area contributed by atoms with Crippen molar-refractivity contribution in [3.63, 3.8) is 0 Å². The van der Waals surface area contributed by atoms with Crippen LogP contribution in [0.1, 0.15) is 43.2 Å². The van der Waals surface area contributed by atoms with E-state index in [1.807, 2.05) is 48.5 Å². The summed E-state index contributed by atoms with van der Waals surface area (Å²) >= 11 is 5.98. The summed E-state index contributed by atoms with van der Waals surface area (Å²) in [6.07, 6.45) is 4.92. The lowest BCUT2D eigenvalue weighted by atomic mass is 9.81. The van der Waals surface area contributed by atoms with E-state index in [0.29, 0.717) is 18.2 Å². The molecule has 2 aromatic carbocycles. The summed E-state index contributed by atoms with van der Waals surface area (Å²) in [6.45, 7) is 1.10. The number of amides is 1. The van der Waals surface area contributed by atoms with Crippen molar-refractivity contribution < 1.29 is 9.53 Å². The van der Waals surface area contributed by atoms with Gasteiger partial charge >= 0.3 is 0 Å². The molecule has 1 amide bonds. The van der Waals surface area contributed by atoms with Crippen molar-refractivity contribution in [2.75, 3.05) is 0 Å². The number of primary amides is 1. The number of nitrogens with two attached hydrogens (primary N) is 1. The molecule has 138 valence electrons. The van der Waals surface area contributed by atoms with Gasteiger partial charge in [-0.1, -0.05) is 55.1 Å². The van der Waals surface area contributed by atoms with Crippen LogP contribution in [0.25, 0.3) is 0 Å². The third-order valence-electron chi connectivity index (χ3n) is 5.03. The lowest BCUT2D eigenvalue weighted by Gasteiger charge is -2.35. The third kappa shape index (κ3) is 4.77. The number of halogens is 1. The fraction of sp³-hybridized carbons (Fsp3) is 0.381. The number of carbonyl (C=O) groups excluding carboxylic acids is 1. The van der Waals surface area contributed by atoms with Gasteiger partial charge in [0, 0.05) is 11.6 Å². The summed E-state index contributed by atoms with van der Waals surface area (Å²) in [5.41, 5.74) is 7.24. The molecule has 1 fully saturated rings. The van der Waals surface area contributed by atoms with Crippen LogP contribution >= 0.6 is 11.6 Å². The fourth-order valence-corrected chi connectivity index (χ4v) is 3.65. The minimum atomic E-state index is -0.556. The molecule has 1 saturated carbocycles. The van der Waals surface area contributed by atoms with Gasteiger partial charge in [-0.2, -0.15) is 0 Å². The lowest BCUT2D eigenvalue weighted by molar-refractivity contribution is -0.125. The molecule has 0 spiro atoms. The number of carbonyl (C=O) groups is 1. The van der Waals surface area contributed by atoms with E-state index in [9.17, 15) is 4.79 Å². The summed E-state index contributed by atoms with van der Waals surface area (Å²) in [7, 11) is 0. The molecule has 1 aliphatic rings. The highest BCUT2D eigenvalue weighted by Gasteiger charge is 2.37. The minimum Gasteiger partial charge on any atom is -0.489 e. The Labute approximate surface area is 159 Å². The smallest absolute Gasteiger partial charge is 0.237 e. The van der Waals surface area contributed by atoms with E-state index >= 15 is 0 Å². The molecule has 0 unspecified atom stereocenters. The summed E-state index contributed by atoms with van der Waals surface area (Å²) in [4.78, 5) is 11.9. The maximum atomic E-state index is 11.9. The van der Waals surface area contributed by atoms with Gasteiger partial charge in [0.2, 0.25) is 5.91 Å². The van der Waals surface area contributed by atoms with Crippen LogP contribution in [0.4, 0.5) is 0 Å². The Morgan fingerprint density at radius 2 is 1.81 bits per heavy atom. The van der Waals surface area contributed by atoms with Crippen LogP contribution in [0.3, 0.4) is 0 Å². The summed E-state index contributed by atoms with van der Waals surface area (Å²) in [6, 6.07) is 15.5. The van der Waals surface area contributed by atoms with Crippen LogP contribution < -0.4 is 15.8 Å². The summed E-state index contributed by atoms with van der Waals surface area (Å²) in [5.74, 6) is 0.565. The quantitative estimate of drug-likeness (QED) is 0.765. The second kappa shape index (κ2) is 8.56. The van der Waals surface area contributed by atoms with E-state index < -0.39 is 5.54 Å².